The van der Waals surface area contributed by atoms with Crippen molar-refractivity contribution >= 4 is 11.6 Å². The van der Waals surface area contributed by atoms with E-state index in [4.69, 9.17) is 9.47 Å². The zero-order valence-electron chi connectivity index (χ0n) is 15.1. The summed E-state index contributed by atoms with van der Waals surface area (Å²) >= 11 is 0. The summed E-state index contributed by atoms with van der Waals surface area (Å²) in [6.07, 6.45) is 2.36. The first kappa shape index (κ1) is 18.6. The van der Waals surface area contributed by atoms with Crippen molar-refractivity contribution in [1.82, 2.24) is 10.2 Å². The molecule has 0 spiro atoms. The maximum absolute atomic E-state index is 10.9. The lowest BCUT2D eigenvalue weighted by Gasteiger charge is -2.37. The number of nitrogens with zero attached hydrogens (tertiary/aromatic N) is 3. The highest BCUT2D eigenvalue weighted by Crippen LogP contribution is 2.21. The third-order valence-electron chi connectivity index (χ3n) is 4.64. The minimum Gasteiger partial charge on any atom is -0.375 e. The Hall–Kier alpha value is -2.19. The Labute approximate surface area is 153 Å². The summed E-state index contributed by atoms with van der Waals surface area (Å²) in [4.78, 5) is 17.4. The van der Waals surface area contributed by atoms with E-state index in [-0.39, 0.29) is 22.8 Å². The number of aliphatic imine (C=N–C) groups is 1. The molecule has 3 rings (SSSR count). The molecule has 142 valence electrons. The van der Waals surface area contributed by atoms with Gasteiger partial charge in [-0.05, 0) is 25.3 Å². The molecule has 2 saturated heterocycles. The predicted molar refractivity (Wildman–Crippen MR) is 98.2 cm³/mol. The number of nitro benzene ring substituents is 1. The molecule has 2 aliphatic rings. The van der Waals surface area contributed by atoms with Gasteiger partial charge in [-0.15, -0.1) is 0 Å². The minimum absolute atomic E-state index is 0.0629. The molecule has 2 aliphatic heterocycles. The Bertz CT molecular complexity index is 646. The number of hydrogen-bond donors (Lipinski definition) is 1. The van der Waals surface area contributed by atoms with Gasteiger partial charge in [0.2, 0.25) is 0 Å². The summed E-state index contributed by atoms with van der Waals surface area (Å²) in [6.45, 7) is 6.15. The molecule has 8 heteroatoms. The first-order valence-electron chi connectivity index (χ1n) is 9.17. The zero-order chi connectivity index (χ0) is 18.4. The molecule has 0 radical (unpaired) electrons. The average molecular weight is 362 g/mol. The summed E-state index contributed by atoms with van der Waals surface area (Å²) in [5, 5.41) is 14.2. The molecule has 8 nitrogen and oxygen atoms in total. The first-order valence-corrected chi connectivity index (χ1v) is 9.17. The van der Waals surface area contributed by atoms with Crippen LogP contribution in [-0.2, 0) is 16.0 Å². The van der Waals surface area contributed by atoms with E-state index >= 15 is 0 Å². The molecule has 0 aliphatic carbocycles. The van der Waals surface area contributed by atoms with Gasteiger partial charge in [-0.3, -0.25) is 10.1 Å². The largest absolute Gasteiger partial charge is 0.375 e. The number of nitrogens with one attached hydrogen (secondary N) is 1. The molecule has 1 N–H and O–H groups in total. The Morgan fingerprint density at radius 2 is 2.23 bits per heavy atom. The van der Waals surface area contributed by atoms with Crippen LogP contribution in [0.2, 0.25) is 0 Å². The van der Waals surface area contributed by atoms with Crippen LogP contribution in [0.1, 0.15) is 25.3 Å². The van der Waals surface area contributed by atoms with Gasteiger partial charge in [-0.2, -0.15) is 0 Å². The molecule has 0 amide bonds. The molecular formula is C18H26N4O4. The van der Waals surface area contributed by atoms with Crippen molar-refractivity contribution < 1.29 is 14.4 Å². The Kier molecular flexibility index (Phi) is 6.40. The molecule has 0 bridgehead atoms. The van der Waals surface area contributed by atoms with Crippen LogP contribution in [0.25, 0.3) is 0 Å². The SMILES string of the molecule is CCNC(=NCc1cccc([N+](=O)[O-])c1)N1CCOC(C2CCCO2)C1. The molecule has 0 saturated carbocycles. The summed E-state index contributed by atoms with van der Waals surface area (Å²) in [7, 11) is 0. The highest BCUT2D eigenvalue weighted by molar-refractivity contribution is 5.80. The van der Waals surface area contributed by atoms with Crippen LogP contribution < -0.4 is 5.32 Å². The van der Waals surface area contributed by atoms with E-state index in [1.165, 1.54) is 6.07 Å². The Morgan fingerprint density at radius 3 is 2.96 bits per heavy atom. The number of benzene rings is 1. The van der Waals surface area contributed by atoms with Crippen LogP contribution in [0.3, 0.4) is 0 Å². The smallest absolute Gasteiger partial charge is 0.269 e. The number of rotatable bonds is 5. The molecule has 1 aromatic rings. The second-order valence-corrected chi connectivity index (χ2v) is 6.50. The molecular weight excluding hydrogens is 336 g/mol. The van der Waals surface area contributed by atoms with Crippen LogP contribution in [0, 0.1) is 10.1 Å². The van der Waals surface area contributed by atoms with E-state index in [0.717, 1.165) is 50.6 Å². The number of morpholine rings is 1. The average Bonchev–Trinajstić information content (AvgIpc) is 3.20. The number of guanidine groups is 1. The molecule has 26 heavy (non-hydrogen) atoms. The standard InChI is InChI=1S/C18H26N4O4/c1-2-19-18(20-12-14-5-3-6-15(11-14)22(23)24)21-8-10-26-17(13-21)16-7-4-9-25-16/h3,5-6,11,16-17H,2,4,7-10,12-13H2,1H3,(H,19,20). The molecule has 2 heterocycles. The van der Waals surface area contributed by atoms with Crippen molar-refractivity contribution in [1.29, 1.82) is 0 Å². The third-order valence-corrected chi connectivity index (χ3v) is 4.64. The summed E-state index contributed by atoms with van der Waals surface area (Å²) < 4.78 is 11.7. The maximum atomic E-state index is 10.9. The summed E-state index contributed by atoms with van der Waals surface area (Å²) in [5.41, 5.74) is 0.908. The van der Waals surface area contributed by atoms with E-state index in [1.54, 1.807) is 12.1 Å². The number of nitro groups is 1. The third kappa shape index (κ3) is 4.70. The summed E-state index contributed by atoms with van der Waals surface area (Å²) in [6, 6.07) is 6.61. The van der Waals surface area contributed by atoms with E-state index in [1.807, 2.05) is 13.0 Å². The lowest BCUT2D eigenvalue weighted by atomic mass is 10.1. The van der Waals surface area contributed by atoms with Gasteiger partial charge in [0.25, 0.3) is 5.69 Å². The Balaban J connectivity index is 1.68. The van der Waals surface area contributed by atoms with Crippen molar-refractivity contribution in [2.45, 2.75) is 38.5 Å². The first-order chi connectivity index (χ1) is 12.7. The zero-order valence-corrected chi connectivity index (χ0v) is 15.1. The van der Waals surface area contributed by atoms with E-state index in [0.29, 0.717) is 13.2 Å². The second kappa shape index (κ2) is 8.95. The van der Waals surface area contributed by atoms with Crippen molar-refractivity contribution in [2.24, 2.45) is 4.99 Å². The predicted octanol–water partition coefficient (Wildman–Crippen LogP) is 1.94. The topological polar surface area (TPSA) is 89.2 Å². The monoisotopic (exact) mass is 362 g/mol. The molecule has 2 fully saturated rings. The summed E-state index contributed by atoms with van der Waals surface area (Å²) in [5.74, 6) is 0.810. The van der Waals surface area contributed by atoms with Gasteiger partial charge < -0.3 is 19.7 Å². The van der Waals surface area contributed by atoms with Gasteiger partial charge in [0, 0.05) is 38.4 Å². The van der Waals surface area contributed by atoms with Gasteiger partial charge in [-0.1, -0.05) is 12.1 Å². The van der Waals surface area contributed by atoms with Crippen LogP contribution in [-0.4, -0.2) is 60.8 Å². The van der Waals surface area contributed by atoms with Crippen molar-refractivity contribution in [3.63, 3.8) is 0 Å². The fourth-order valence-electron chi connectivity index (χ4n) is 3.35. The molecule has 0 aromatic heterocycles. The number of non-ortho nitro benzene ring substituents is 1. The second-order valence-electron chi connectivity index (χ2n) is 6.50. The molecule has 2 atom stereocenters. The fraction of sp³-hybridized carbons (Fsp3) is 0.611. The lowest BCUT2D eigenvalue weighted by molar-refractivity contribution is -0.384. The van der Waals surface area contributed by atoms with Crippen LogP contribution in [0.4, 0.5) is 5.69 Å². The normalized spacial score (nSPS) is 23.9. The lowest BCUT2D eigenvalue weighted by Crippen LogP contribution is -2.53. The van der Waals surface area contributed by atoms with Crippen molar-refractivity contribution in [2.75, 3.05) is 32.8 Å². The van der Waals surface area contributed by atoms with E-state index in [2.05, 4.69) is 15.2 Å². The Morgan fingerprint density at radius 1 is 1.38 bits per heavy atom. The molecule has 1 aromatic carbocycles. The molecule has 2 unspecified atom stereocenters. The highest BCUT2D eigenvalue weighted by atomic mass is 16.6. The van der Waals surface area contributed by atoms with Crippen LogP contribution >= 0.6 is 0 Å². The fourth-order valence-corrected chi connectivity index (χ4v) is 3.35. The minimum atomic E-state index is -0.382. The number of ether oxygens (including phenoxy) is 2. The highest BCUT2D eigenvalue weighted by Gasteiger charge is 2.32. The van der Waals surface area contributed by atoms with Crippen molar-refractivity contribution in [3.05, 3.63) is 39.9 Å². The van der Waals surface area contributed by atoms with Gasteiger partial charge in [0.1, 0.15) is 6.10 Å². The number of hydrogen-bond acceptors (Lipinski definition) is 5. The van der Waals surface area contributed by atoms with Crippen LogP contribution in [0.5, 0.6) is 0 Å². The van der Waals surface area contributed by atoms with E-state index < -0.39 is 0 Å². The van der Waals surface area contributed by atoms with Gasteiger partial charge in [0.05, 0.1) is 24.2 Å². The van der Waals surface area contributed by atoms with Gasteiger partial charge in [-0.25, -0.2) is 4.99 Å². The van der Waals surface area contributed by atoms with Crippen molar-refractivity contribution in [3.8, 4) is 0 Å². The van der Waals surface area contributed by atoms with Gasteiger partial charge >= 0.3 is 0 Å². The van der Waals surface area contributed by atoms with Gasteiger partial charge in [0.15, 0.2) is 5.96 Å². The van der Waals surface area contributed by atoms with E-state index in [9.17, 15) is 10.1 Å². The maximum Gasteiger partial charge on any atom is 0.269 e. The quantitative estimate of drug-likeness (QED) is 0.373. The van der Waals surface area contributed by atoms with Crippen LogP contribution in [0.15, 0.2) is 29.3 Å².